The fourth-order valence-corrected chi connectivity index (χ4v) is 3.35. The Morgan fingerprint density at radius 2 is 1.05 bits per heavy atom. The van der Waals surface area contributed by atoms with Crippen LogP contribution in [0, 0.1) is 11.8 Å². The van der Waals surface area contributed by atoms with Crippen molar-refractivity contribution in [3.05, 3.63) is 11.1 Å². The number of nitrogens with zero attached hydrogens (tertiary/aromatic N) is 2. The van der Waals surface area contributed by atoms with Crippen molar-refractivity contribution in [3.8, 4) is 0 Å². The number of hydrogen-bond acceptors (Lipinski definition) is 2. The quantitative estimate of drug-likeness (QED) is 0.708. The molecule has 4 nitrogen and oxygen atoms in total. The maximum atomic E-state index is 12.9. The fourth-order valence-electron chi connectivity index (χ4n) is 3.35. The van der Waals surface area contributed by atoms with Crippen molar-refractivity contribution in [3.63, 3.8) is 0 Å². The Balaban J connectivity index is 3.09. The lowest BCUT2D eigenvalue weighted by molar-refractivity contribution is -0.146. The molecule has 1 aliphatic rings. The highest BCUT2D eigenvalue weighted by atomic mass is 16.2. The second-order valence-electron chi connectivity index (χ2n) is 6.20. The first kappa shape index (κ1) is 18.7. The number of rotatable bonds is 6. The molecule has 0 heterocycles. The van der Waals surface area contributed by atoms with Gasteiger partial charge in [-0.3, -0.25) is 9.59 Å². The van der Waals surface area contributed by atoms with Gasteiger partial charge in [0.2, 0.25) is 11.8 Å². The number of allylic oxidation sites excluding steroid dienone is 2. The largest absolute Gasteiger partial charge is 0.343 e. The molecule has 0 fully saturated rings. The van der Waals surface area contributed by atoms with E-state index >= 15 is 0 Å². The summed E-state index contributed by atoms with van der Waals surface area (Å²) in [7, 11) is 0. The molecule has 0 aromatic rings. The molecule has 0 radical (unpaired) electrons. The third kappa shape index (κ3) is 3.90. The van der Waals surface area contributed by atoms with Gasteiger partial charge in [0.25, 0.3) is 0 Å². The number of hydrogen-bond donors (Lipinski definition) is 0. The molecule has 0 bridgehead atoms. The molecule has 1 rings (SSSR count). The summed E-state index contributed by atoms with van der Waals surface area (Å²) in [5, 5.41) is 0. The van der Waals surface area contributed by atoms with E-state index in [1.165, 1.54) is 11.1 Å². The minimum atomic E-state index is -0.198. The Kier molecular flexibility index (Phi) is 7.11. The predicted molar refractivity (Wildman–Crippen MR) is 90.4 cm³/mol. The van der Waals surface area contributed by atoms with E-state index in [1.807, 2.05) is 37.5 Å². The van der Waals surface area contributed by atoms with Crippen LogP contribution in [0.5, 0.6) is 0 Å². The topological polar surface area (TPSA) is 40.6 Å². The van der Waals surface area contributed by atoms with Crippen molar-refractivity contribution in [2.45, 2.75) is 54.4 Å². The third-order valence-corrected chi connectivity index (χ3v) is 5.05. The molecule has 22 heavy (non-hydrogen) atoms. The highest BCUT2D eigenvalue weighted by molar-refractivity contribution is 5.88. The summed E-state index contributed by atoms with van der Waals surface area (Å²) >= 11 is 0. The Labute approximate surface area is 135 Å². The summed E-state index contributed by atoms with van der Waals surface area (Å²) in [6.45, 7) is 15.0. The van der Waals surface area contributed by atoms with Crippen LogP contribution in [0.2, 0.25) is 0 Å². The van der Waals surface area contributed by atoms with E-state index < -0.39 is 0 Å². The normalized spacial score (nSPS) is 21.7. The number of carbonyl (C=O) groups is 2. The summed E-state index contributed by atoms with van der Waals surface area (Å²) in [6.07, 6.45) is 1.44. The molecule has 0 saturated heterocycles. The van der Waals surface area contributed by atoms with Crippen LogP contribution >= 0.6 is 0 Å². The van der Waals surface area contributed by atoms with Crippen molar-refractivity contribution in [1.82, 2.24) is 9.80 Å². The van der Waals surface area contributed by atoms with Crippen LogP contribution in [0.4, 0.5) is 0 Å². The van der Waals surface area contributed by atoms with E-state index in [9.17, 15) is 9.59 Å². The molecule has 0 aromatic carbocycles. The highest BCUT2D eigenvalue weighted by Gasteiger charge is 2.39. The van der Waals surface area contributed by atoms with E-state index in [2.05, 4.69) is 13.8 Å². The van der Waals surface area contributed by atoms with Crippen LogP contribution in [-0.2, 0) is 9.59 Å². The van der Waals surface area contributed by atoms with Crippen LogP contribution in [-0.4, -0.2) is 47.8 Å². The van der Waals surface area contributed by atoms with E-state index in [0.717, 1.165) is 12.8 Å². The molecule has 0 N–H and O–H groups in total. The smallest absolute Gasteiger partial charge is 0.226 e. The maximum absolute atomic E-state index is 12.9. The van der Waals surface area contributed by atoms with Gasteiger partial charge in [-0.2, -0.15) is 0 Å². The average Bonchev–Trinajstić information content (AvgIpc) is 2.51. The molecule has 0 aliphatic heterocycles. The summed E-state index contributed by atoms with van der Waals surface area (Å²) in [4.78, 5) is 29.4. The predicted octanol–water partition coefficient (Wildman–Crippen LogP) is 3.09. The molecular weight excluding hydrogens is 276 g/mol. The third-order valence-electron chi connectivity index (χ3n) is 5.05. The zero-order chi connectivity index (χ0) is 16.9. The lowest BCUT2D eigenvalue weighted by Crippen LogP contribution is -2.46. The summed E-state index contributed by atoms with van der Waals surface area (Å²) < 4.78 is 0. The van der Waals surface area contributed by atoms with Crippen LogP contribution in [0.1, 0.15) is 54.4 Å². The molecule has 2 atom stereocenters. The first-order chi connectivity index (χ1) is 10.4. The number of carbonyl (C=O) groups excluding carboxylic acids is 2. The molecule has 0 saturated carbocycles. The van der Waals surface area contributed by atoms with E-state index in [0.29, 0.717) is 26.2 Å². The molecule has 0 aromatic heterocycles. The zero-order valence-corrected chi connectivity index (χ0v) is 15.1. The molecule has 4 heteroatoms. The van der Waals surface area contributed by atoms with Gasteiger partial charge in [0.15, 0.2) is 0 Å². The highest BCUT2D eigenvalue weighted by Crippen LogP contribution is 2.36. The Morgan fingerprint density at radius 3 is 1.27 bits per heavy atom. The minimum Gasteiger partial charge on any atom is -0.343 e. The van der Waals surface area contributed by atoms with Gasteiger partial charge in [0, 0.05) is 26.2 Å². The minimum absolute atomic E-state index is 0.141. The van der Waals surface area contributed by atoms with Gasteiger partial charge >= 0.3 is 0 Å². The van der Waals surface area contributed by atoms with Crippen molar-refractivity contribution in [1.29, 1.82) is 0 Å². The van der Waals surface area contributed by atoms with Gasteiger partial charge < -0.3 is 9.80 Å². The van der Waals surface area contributed by atoms with Crippen LogP contribution < -0.4 is 0 Å². The first-order valence-electron chi connectivity index (χ1n) is 8.63. The van der Waals surface area contributed by atoms with Crippen LogP contribution in [0.15, 0.2) is 11.1 Å². The molecule has 126 valence electrons. The molecule has 1 aliphatic carbocycles. The Hall–Kier alpha value is -1.32. The van der Waals surface area contributed by atoms with E-state index in [1.54, 1.807) is 0 Å². The molecule has 0 unspecified atom stereocenters. The second kappa shape index (κ2) is 8.35. The number of amides is 2. The fraction of sp³-hybridized carbons (Fsp3) is 0.778. The van der Waals surface area contributed by atoms with E-state index in [-0.39, 0.29) is 23.7 Å². The van der Waals surface area contributed by atoms with Crippen molar-refractivity contribution >= 4 is 11.8 Å². The lowest BCUT2D eigenvalue weighted by Gasteiger charge is -2.36. The van der Waals surface area contributed by atoms with Gasteiger partial charge in [-0.05, 0) is 54.4 Å². The monoisotopic (exact) mass is 308 g/mol. The van der Waals surface area contributed by atoms with Gasteiger partial charge in [0.1, 0.15) is 0 Å². The second-order valence-corrected chi connectivity index (χ2v) is 6.20. The SMILES string of the molecule is CCN(CC)C(=O)[C@@H]1CC(C)=C(C)C[C@H]1C(=O)N(CC)CC. The van der Waals surface area contributed by atoms with Gasteiger partial charge in [0.05, 0.1) is 11.8 Å². The molecule has 2 amide bonds. The Morgan fingerprint density at radius 1 is 0.773 bits per heavy atom. The summed E-state index contributed by atoms with van der Waals surface area (Å²) in [5.74, 6) is -0.113. The van der Waals surface area contributed by atoms with Gasteiger partial charge in [-0.15, -0.1) is 0 Å². The van der Waals surface area contributed by atoms with E-state index in [4.69, 9.17) is 0 Å². The molecular formula is C18H32N2O2. The van der Waals surface area contributed by atoms with Crippen molar-refractivity contribution in [2.24, 2.45) is 11.8 Å². The summed E-state index contributed by atoms with van der Waals surface area (Å²) in [6, 6.07) is 0. The van der Waals surface area contributed by atoms with Crippen molar-refractivity contribution in [2.75, 3.05) is 26.2 Å². The lowest BCUT2D eigenvalue weighted by atomic mass is 9.75. The van der Waals surface area contributed by atoms with Gasteiger partial charge in [-0.1, -0.05) is 11.1 Å². The molecule has 0 spiro atoms. The van der Waals surface area contributed by atoms with Crippen LogP contribution in [0.3, 0.4) is 0 Å². The Bertz CT molecular complexity index is 394. The summed E-state index contributed by atoms with van der Waals surface area (Å²) in [5.41, 5.74) is 2.54. The van der Waals surface area contributed by atoms with Crippen LogP contribution in [0.25, 0.3) is 0 Å². The van der Waals surface area contributed by atoms with Gasteiger partial charge in [-0.25, -0.2) is 0 Å². The first-order valence-corrected chi connectivity index (χ1v) is 8.63. The average molecular weight is 308 g/mol. The van der Waals surface area contributed by atoms with Crippen molar-refractivity contribution < 1.29 is 9.59 Å². The standard InChI is InChI=1S/C18H32N2O2/c1-7-19(8-2)17(21)15-11-13(5)14(6)12-16(15)18(22)20(9-3)10-4/h15-16H,7-12H2,1-6H3/t15-,16-/m1/s1. The zero-order valence-electron chi connectivity index (χ0n) is 15.1. The maximum Gasteiger partial charge on any atom is 0.226 e.